The van der Waals surface area contributed by atoms with Gasteiger partial charge in [0, 0.05) is 50.6 Å². The van der Waals surface area contributed by atoms with Crippen LogP contribution in [0.3, 0.4) is 0 Å². The first-order valence-electron chi connectivity index (χ1n) is 12.5. The quantitative estimate of drug-likeness (QED) is 0.582. The fraction of sp³-hybridized carbons (Fsp3) is 0.538. The molecule has 0 spiro atoms. The van der Waals surface area contributed by atoms with E-state index in [1.807, 2.05) is 50.6 Å². The molecule has 8 heteroatoms. The van der Waals surface area contributed by atoms with Gasteiger partial charge in [0.2, 0.25) is 5.91 Å². The van der Waals surface area contributed by atoms with E-state index in [1.54, 1.807) is 7.11 Å². The number of piperidine rings is 2. The molecule has 0 radical (unpaired) electrons. The normalized spacial score (nSPS) is 18.7. The van der Waals surface area contributed by atoms with E-state index in [0.717, 1.165) is 69.4 Å². The summed E-state index contributed by atoms with van der Waals surface area (Å²) >= 11 is 0. The highest BCUT2D eigenvalue weighted by Gasteiger charge is 2.32. The number of fused-ring (bicyclic) bond motifs is 1. The number of carbonyl (C=O) groups is 1. The lowest BCUT2D eigenvalue weighted by Gasteiger charge is -2.37. The predicted molar refractivity (Wildman–Crippen MR) is 132 cm³/mol. The topological polar surface area (TPSA) is 75.5 Å². The van der Waals surface area contributed by atoms with Crippen molar-refractivity contribution in [3.8, 4) is 0 Å². The number of nitrogens with zero attached hydrogens (tertiary/aromatic N) is 4. The third-order valence-electron chi connectivity index (χ3n) is 7.52. The summed E-state index contributed by atoms with van der Waals surface area (Å²) in [7, 11) is 1.66. The minimum atomic E-state index is 0.0254. The Kier molecular flexibility index (Phi) is 6.87. The fourth-order valence-corrected chi connectivity index (χ4v) is 5.63. The SMILES string of the molecule is COCCn1c(=O)n(C2CCN(C(=O)C3CCN(Cc4ccc[nH]4)CC3)CC2)c2ccccc21. The van der Waals surface area contributed by atoms with Gasteiger partial charge in [0.1, 0.15) is 0 Å². The number of hydrogen-bond acceptors (Lipinski definition) is 4. The number of rotatable bonds is 7. The molecular formula is C26H35N5O3. The molecule has 2 aliphatic rings. The van der Waals surface area contributed by atoms with E-state index in [-0.39, 0.29) is 17.6 Å². The van der Waals surface area contributed by atoms with Crippen molar-refractivity contribution in [2.24, 2.45) is 5.92 Å². The van der Waals surface area contributed by atoms with Gasteiger partial charge in [-0.2, -0.15) is 0 Å². The number of ether oxygens (including phenoxy) is 1. The van der Waals surface area contributed by atoms with E-state index >= 15 is 0 Å². The molecule has 4 heterocycles. The van der Waals surface area contributed by atoms with E-state index in [9.17, 15) is 9.59 Å². The Morgan fingerprint density at radius 1 is 1.00 bits per heavy atom. The highest BCUT2D eigenvalue weighted by Crippen LogP contribution is 2.28. The lowest BCUT2D eigenvalue weighted by molar-refractivity contribution is -0.138. The van der Waals surface area contributed by atoms with Gasteiger partial charge < -0.3 is 14.6 Å². The van der Waals surface area contributed by atoms with Crippen LogP contribution in [0, 0.1) is 5.92 Å². The minimum absolute atomic E-state index is 0.0254. The van der Waals surface area contributed by atoms with Gasteiger partial charge in [0.05, 0.1) is 24.2 Å². The molecule has 182 valence electrons. The third-order valence-corrected chi connectivity index (χ3v) is 7.52. The first-order chi connectivity index (χ1) is 16.7. The lowest BCUT2D eigenvalue weighted by atomic mass is 9.93. The molecule has 1 aromatic carbocycles. The van der Waals surface area contributed by atoms with Gasteiger partial charge in [-0.25, -0.2) is 4.79 Å². The van der Waals surface area contributed by atoms with E-state index in [2.05, 4.69) is 16.0 Å². The monoisotopic (exact) mass is 465 g/mol. The van der Waals surface area contributed by atoms with Crippen molar-refractivity contribution >= 4 is 16.9 Å². The molecular weight excluding hydrogens is 430 g/mol. The second-order valence-corrected chi connectivity index (χ2v) is 9.59. The number of imidazole rings is 1. The molecule has 3 aromatic rings. The Labute approximate surface area is 200 Å². The molecule has 8 nitrogen and oxygen atoms in total. The number of carbonyl (C=O) groups excluding carboxylic acids is 1. The Bertz CT molecular complexity index is 1150. The summed E-state index contributed by atoms with van der Waals surface area (Å²) in [4.78, 5) is 34.2. The maximum atomic E-state index is 13.3. The number of amides is 1. The zero-order valence-electron chi connectivity index (χ0n) is 20.0. The molecule has 2 aliphatic heterocycles. The van der Waals surface area contributed by atoms with Crippen molar-refractivity contribution in [1.82, 2.24) is 23.9 Å². The van der Waals surface area contributed by atoms with Crippen LogP contribution >= 0.6 is 0 Å². The number of para-hydroxylation sites is 2. The van der Waals surface area contributed by atoms with Crippen LogP contribution in [-0.2, 0) is 22.6 Å². The van der Waals surface area contributed by atoms with E-state index in [1.165, 1.54) is 5.69 Å². The van der Waals surface area contributed by atoms with Gasteiger partial charge in [0.15, 0.2) is 0 Å². The van der Waals surface area contributed by atoms with Crippen LogP contribution in [0.5, 0.6) is 0 Å². The standard InChI is InChI=1S/C26H35N5O3/c1-34-18-17-30-23-6-2-3-7-24(23)31(26(30)33)22-10-15-29(16-11-22)25(32)20-8-13-28(14-9-20)19-21-5-4-12-27-21/h2-7,12,20,22,27H,8-11,13-19H2,1H3. The van der Waals surface area contributed by atoms with Crippen LogP contribution in [0.2, 0.25) is 0 Å². The van der Waals surface area contributed by atoms with Crippen molar-refractivity contribution < 1.29 is 9.53 Å². The van der Waals surface area contributed by atoms with E-state index in [4.69, 9.17) is 4.74 Å². The van der Waals surface area contributed by atoms with Crippen LogP contribution in [0.25, 0.3) is 11.0 Å². The number of nitrogens with one attached hydrogen (secondary N) is 1. The van der Waals surface area contributed by atoms with Crippen molar-refractivity contribution in [3.63, 3.8) is 0 Å². The summed E-state index contributed by atoms with van der Waals surface area (Å²) in [6, 6.07) is 12.2. The van der Waals surface area contributed by atoms with Crippen LogP contribution in [0.4, 0.5) is 0 Å². The second-order valence-electron chi connectivity index (χ2n) is 9.59. The Morgan fingerprint density at radius 3 is 2.41 bits per heavy atom. The van der Waals surface area contributed by atoms with E-state index in [0.29, 0.717) is 19.1 Å². The lowest BCUT2D eigenvalue weighted by Crippen LogP contribution is -2.46. The van der Waals surface area contributed by atoms with Gasteiger partial charge >= 0.3 is 5.69 Å². The van der Waals surface area contributed by atoms with Gasteiger partial charge in [0.25, 0.3) is 0 Å². The molecule has 1 N–H and O–H groups in total. The molecule has 0 bridgehead atoms. The molecule has 2 aromatic heterocycles. The van der Waals surface area contributed by atoms with E-state index < -0.39 is 0 Å². The van der Waals surface area contributed by atoms with Crippen molar-refractivity contribution in [2.75, 3.05) is 39.9 Å². The molecule has 34 heavy (non-hydrogen) atoms. The molecule has 0 aliphatic carbocycles. The number of methoxy groups -OCH3 is 1. The fourth-order valence-electron chi connectivity index (χ4n) is 5.63. The van der Waals surface area contributed by atoms with Crippen LogP contribution in [-0.4, -0.2) is 69.7 Å². The first kappa shape index (κ1) is 22.9. The van der Waals surface area contributed by atoms with Gasteiger partial charge in [-0.3, -0.25) is 18.8 Å². The number of hydrogen-bond donors (Lipinski definition) is 1. The molecule has 0 atom stereocenters. The molecule has 0 unspecified atom stereocenters. The predicted octanol–water partition coefficient (Wildman–Crippen LogP) is 2.85. The third kappa shape index (κ3) is 4.57. The number of H-pyrrole nitrogens is 1. The van der Waals surface area contributed by atoms with Crippen molar-refractivity contribution in [1.29, 1.82) is 0 Å². The molecule has 2 fully saturated rings. The van der Waals surface area contributed by atoms with Crippen molar-refractivity contribution in [2.45, 2.75) is 44.8 Å². The van der Waals surface area contributed by atoms with Gasteiger partial charge in [-0.15, -0.1) is 0 Å². The van der Waals surface area contributed by atoms with Crippen LogP contribution < -0.4 is 5.69 Å². The van der Waals surface area contributed by atoms with Gasteiger partial charge in [-0.05, 0) is 63.0 Å². The summed E-state index contributed by atoms with van der Waals surface area (Å²) in [5, 5.41) is 0. The largest absolute Gasteiger partial charge is 0.383 e. The molecule has 1 amide bonds. The summed E-state index contributed by atoms with van der Waals surface area (Å²) in [6.07, 6.45) is 5.43. The zero-order valence-corrected chi connectivity index (χ0v) is 20.0. The molecule has 5 rings (SSSR count). The maximum absolute atomic E-state index is 13.3. The first-order valence-corrected chi connectivity index (χ1v) is 12.5. The number of aromatic amines is 1. The molecule has 0 saturated carbocycles. The van der Waals surface area contributed by atoms with Crippen molar-refractivity contribution in [3.05, 3.63) is 58.8 Å². The highest BCUT2D eigenvalue weighted by atomic mass is 16.5. The highest BCUT2D eigenvalue weighted by molar-refractivity contribution is 5.79. The average molecular weight is 466 g/mol. The Morgan fingerprint density at radius 2 is 1.74 bits per heavy atom. The zero-order chi connectivity index (χ0) is 23.5. The van der Waals surface area contributed by atoms with Crippen LogP contribution in [0.1, 0.15) is 37.4 Å². The van der Waals surface area contributed by atoms with Gasteiger partial charge in [-0.1, -0.05) is 12.1 Å². The molecule has 2 saturated heterocycles. The maximum Gasteiger partial charge on any atom is 0.329 e. The average Bonchev–Trinajstić information content (AvgIpc) is 3.48. The Balaban J connectivity index is 1.20. The summed E-state index contributed by atoms with van der Waals surface area (Å²) < 4.78 is 8.98. The minimum Gasteiger partial charge on any atom is -0.383 e. The summed E-state index contributed by atoms with van der Waals surface area (Å²) in [5.41, 5.74) is 3.18. The number of benzene rings is 1. The Hall–Kier alpha value is -2.84. The second kappa shape index (κ2) is 10.2. The summed E-state index contributed by atoms with van der Waals surface area (Å²) in [6.45, 7) is 5.33. The van der Waals surface area contributed by atoms with Crippen LogP contribution in [0.15, 0.2) is 47.4 Å². The number of aromatic nitrogens is 3. The number of likely N-dealkylation sites (tertiary alicyclic amines) is 2. The summed E-state index contributed by atoms with van der Waals surface area (Å²) in [5.74, 6) is 0.419. The smallest absolute Gasteiger partial charge is 0.329 e.